The first kappa shape index (κ1) is 20.3. The number of pyridine rings is 1. The van der Waals surface area contributed by atoms with E-state index < -0.39 is 5.91 Å². The van der Waals surface area contributed by atoms with Crippen LogP contribution in [-0.2, 0) is 6.54 Å². The summed E-state index contributed by atoms with van der Waals surface area (Å²) < 4.78 is 13.3. The molecule has 156 valence electrons. The lowest BCUT2D eigenvalue weighted by Gasteiger charge is -2.13. The Hall–Kier alpha value is -2.97. The lowest BCUT2D eigenvalue weighted by Crippen LogP contribution is -2.20. The highest BCUT2D eigenvalue weighted by Gasteiger charge is 2.38. The summed E-state index contributed by atoms with van der Waals surface area (Å²) in [6.07, 6.45) is 5.87. The topological polar surface area (TPSA) is 100 Å². The molecule has 2 aromatic heterocycles. The van der Waals surface area contributed by atoms with Gasteiger partial charge in [-0.25, -0.2) is 19.8 Å². The van der Waals surface area contributed by atoms with Gasteiger partial charge in [0.05, 0.1) is 16.8 Å². The van der Waals surface area contributed by atoms with Crippen molar-refractivity contribution in [1.82, 2.24) is 25.7 Å². The monoisotopic (exact) mass is 409 g/mol. The first-order valence-corrected chi connectivity index (χ1v) is 10.1. The van der Waals surface area contributed by atoms with E-state index in [4.69, 9.17) is 5.21 Å². The molecule has 3 aromatic rings. The molecule has 1 aliphatic rings. The second-order valence-electron chi connectivity index (χ2n) is 7.73. The zero-order valence-electron chi connectivity index (χ0n) is 16.7. The molecule has 30 heavy (non-hydrogen) atoms. The van der Waals surface area contributed by atoms with Gasteiger partial charge in [0.15, 0.2) is 0 Å². The van der Waals surface area contributed by atoms with Crippen molar-refractivity contribution in [2.24, 2.45) is 5.92 Å². The Kier molecular flexibility index (Phi) is 5.96. The molecule has 0 spiro atoms. The van der Waals surface area contributed by atoms with E-state index in [0.29, 0.717) is 18.5 Å². The number of nitrogens with zero attached hydrogens (tertiary/aromatic N) is 3. The Balaban J connectivity index is 1.31. The highest BCUT2D eigenvalue weighted by Crippen LogP contribution is 2.39. The Morgan fingerprint density at radius 3 is 2.80 bits per heavy atom. The van der Waals surface area contributed by atoms with Gasteiger partial charge < -0.3 is 5.32 Å². The van der Waals surface area contributed by atoms with Crippen molar-refractivity contribution in [3.63, 3.8) is 0 Å². The molecule has 1 aliphatic carbocycles. The predicted octanol–water partition coefficient (Wildman–Crippen LogP) is 3.34. The van der Waals surface area contributed by atoms with Gasteiger partial charge in [-0.2, -0.15) is 0 Å². The van der Waals surface area contributed by atoms with Gasteiger partial charge in [-0.1, -0.05) is 13.0 Å². The number of fused-ring (bicyclic) bond motifs is 1. The summed E-state index contributed by atoms with van der Waals surface area (Å²) in [5.41, 5.74) is 3.55. The van der Waals surface area contributed by atoms with Crippen LogP contribution in [-0.4, -0.2) is 32.1 Å². The van der Waals surface area contributed by atoms with Crippen molar-refractivity contribution in [3.8, 4) is 0 Å². The predicted molar refractivity (Wildman–Crippen MR) is 109 cm³/mol. The van der Waals surface area contributed by atoms with Crippen molar-refractivity contribution >= 4 is 16.8 Å². The third-order valence-electron chi connectivity index (χ3n) is 5.66. The summed E-state index contributed by atoms with van der Waals surface area (Å²) >= 11 is 0. The Bertz CT molecular complexity index is 1040. The molecule has 3 atom stereocenters. The average molecular weight is 409 g/mol. The molecule has 4 rings (SSSR count). The fourth-order valence-corrected chi connectivity index (χ4v) is 3.78. The van der Waals surface area contributed by atoms with Crippen LogP contribution in [0.3, 0.4) is 0 Å². The highest BCUT2D eigenvalue weighted by atomic mass is 19.1. The number of rotatable bonds is 8. The van der Waals surface area contributed by atoms with Crippen LogP contribution in [0.15, 0.2) is 42.7 Å². The normalized spacial score (nSPS) is 18.9. The highest BCUT2D eigenvalue weighted by molar-refractivity contribution is 5.92. The molecule has 0 saturated heterocycles. The van der Waals surface area contributed by atoms with Crippen LogP contribution in [0, 0.1) is 11.7 Å². The van der Waals surface area contributed by atoms with Gasteiger partial charge in [-0.05, 0) is 49.4 Å². The maximum atomic E-state index is 13.3. The van der Waals surface area contributed by atoms with E-state index in [1.807, 2.05) is 12.1 Å². The van der Waals surface area contributed by atoms with Gasteiger partial charge in [0.25, 0.3) is 5.91 Å². The summed E-state index contributed by atoms with van der Waals surface area (Å²) in [6.45, 7) is 2.78. The zero-order valence-corrected chi connectivity index (χ0v) is 16.7. The molecule has 3 N–H and O–H groups in total. The van der Waals surface area contributed by atoms with E-state index in [1.54, 1.807) is 11.5 Å². The van der Waals surface area contributed by atoms with E-state index in [0.717, 1.165) is 41.7 Å². The number of carbonyl (C=O) groups is 1. The summed E-state index contributed by atoms with van der Waals surface area (Å²) in [6, 6.07) is 8.89. The molecule has 0 bridgehead atoms. The van der Waals surface area contributed by atoms with Crippen LogP contribution in [0.1, 0.15) is 54.0 Å². The van der Waals surface area contributed by atoms with E-state index in [9.17, 15) is 9.18 Å². The fraction of sp³-hybridized carbons (Fsp3) is 0.364. The first-order valence-electron chi connectivity index (χ1n) is 10.1. The second-order valence-corrected chi connectivity index (χ2v) is 7.73. The molecule has 0 aliphatic heterocycles. The van der Waals surface area contributed by atoms with Gasteiger partial charge >= 0.3 is 0 Å². The molecular weight excluding hydrogens is 385 g/mol. The van der Waals surface area contributed by atoms with Crippen LogP contribution in [0.4, 0.5) is 4.39 Å². The third kappa shape index (κ3) is 4.60. The van der Waals surface area contributed by atoms with Crippen molar-refractivity contribution in [2.75, 3.05) is 0 Å². The van der Waals surface area contributed by atoms with Gasteiger partial charge in [-0.15, -0.1) is 0 Å². The van der Waals surface area contributed by atoms with Crippen molar-refractivity contribution < 1.29 is 14.4 Å². The van der Waals surface area contributed by atoms with Gasteiger partial charge in [-0.3, -0.25) is 15.0 Å². The third-order valence-corrected chi connectivity index (χ3v) is 5.66. The molecule has 0 radical (unpaired) electrons. The molecule has 1 saturated carbocycles. The second kappa shape index (κ2) is 8.81. The zero-order chi connectivity index (χ0) is 21.1. The van der Waals surface area contributed by atoms with Crippen LogP contribution >= 0.6 is 0 Å². The minimum atomic E-state index is -0.617. The van der Waals surface area contributed by atoms with E-state index in [2.05, 4.69) is 27.2 Å². The van der Waals surface area contributed by atoms with E-state index >= 15 is 0 Å². The maximum Gasteiger partial charge on any atom is 0.277 e. The van der Waals surface area contributed by atoms with Crippen LogP contribution < -0.4 is 10.8 Å². The minimum absolute atomic E-state index is 0.224. The Morgan fingerprint density at radius 1 is 1.27 bits per heavy atom. The lowest BCUT2D eigenvalue weighted by molar-refractivity contribution is 0.0705. The van der Waals surface area contributed by atoms with Crippen molar-refractivity contribution in [2.45, 2.75) is 44.7 Å². The van der Waals surface area contributed by atoms with E-state index in [1.165, 1.54) is 24.5 Å². The van der Waals surface area contributed by atoms with Gasteiger partial charge in [0.1, 0.15) is 11.6 Å². The number of carbonyl (C=O) groups excluding carboxylic acids is 1. The van der Waals surface area contributed by atoms with Crippen molar-refractivity contribution in [3.05, 3.63) is 65.6 Å². The molecule has 1 aromatic carbocycles. The number of hydrogen-bond acceptors (Lipinski definition) is 6. The summed E-state index contributed by atoms with van der Waals surface area (Å²) in [5.74, 6) is 0.626. The number of amides is 1. The SMILES string of the molecule is CCC(CC1CC1NCc1ccc2cc(F)ccc2n1)c1ncc(C(=O)NO)cn1. The summed E-state index contributed by atoms with van der Waals surface area (Å²) in [5, 5.41) is 13.0. The molecule has 1 fully saturated rings. The largest absolute Gasteiger partial charge is 0.308 e. The van der Waals surface area contributed by atoms with Crippen LogP contribution in [0.5, 0.6) is 0 Å². The molecule has 1 amide bonds. The van der Waals surface area contributed by atoms with Gasteiger partial charge in [0, 0.05) is 36.3 Å². The minimum Gasteiger partial charge on any atom is -0.308 e. The number of hydroxylamine groups is 1. The summed E-state index contributed by atoms with van der Waals surface area (Å²) in [7, 11) is 0. The Labute approximate surface area is 173 Å². The fourth-order valence-electron chi connectivity index (χ4n) is 3.78. The maximum absolute atomic E-state index is 13.3. The molecule has 3 unspecified atom stereocenters. The lowest BCUT2D eigenvalue weighted by atomic mass is 9.98. The number of benzene rings is 1. The smallest absolute Gasteiger partial charge is 0.277 e. The number of halogens is 1. The first-order chi connectivity index (χ1) is 14.6. The average Bonchev–Trinajstić information content (AvgIpc) is 3.53. The standard InChI is InChI=1S/C22H24FN5O2/c1-2-13(21-25-10-16(11-26-21)22(29)28-30)7-15-9-20(15)24-12-18-5-3-14-8-17(23)4-6-19(14)27-18/h3-6,8,10-11,13,15,20,24,30H,2,7,9,12H2,1H3,(H,28,29). The van der Waals surface area contributed by atoms with Crippen LogP contribution in [0.2, 0.25) is 0 Å². The number of aromatic nitrogens is 3. The molecule has 2 heterocycles. The van der Waals surface area contributed by atoms with Gasteiger partial charge in [0.2, 0.25) is 0 Å². The van der Waals surface area contributed by atoms with Crippen molar-refractivity contribution in [1.29, 1.82) is 0 Å². The van der Waals surface area contributed by atoms with E-state index in [-0.39, 0.29) is 17.3 Å². The number of nitrogens with one attached hydrogen (secondary N) is 2. The Morgan fingerprint density at radius 2 is 2.07 bits per heavy atom. The molecule has 7 nitrogen and oxygen atoms in total. The van der Waals surface area contributed by atoms with Crippen LogP contribution in [0.25, 0.3) is 10.9 Å². The number of hydrogen-bond donors (Lipinski definition) is 3. The molecular formula is C22H24FN5O2. The summed E-state index contributed by atoms with van der Waals surface area (Å²) in [4.78, 5) is 24.6. The molecule has 8 heteroatoms. The quantitative estimate of drug-likeness (QED) is 0.390.